The molecule has 3 rings (SSSR count). The first-order valence-electron chi connectivity index (χ1n) is 7.84. The lowest BCUT2D eigenvalue weighted by molar-refractivity contribution is -0.139. The Hall–Kier alpha value is -3.29. The van der Waals surface area contributed by atoms with Crippen LogP contribution in [0.5, 0.6) is 5.75 Å². The molecule has 8 heteroatoms. The predicted octanol–water partition coefficient (Wildman–Crippen LogP) is 3.48. The number of hydrogen-bond acceptors (Lipinski definition) is 4. The second-order valence-electron chi connectivity index (χ2n) is 5.88. The van der Waals surface area contributed by atoms with E-state index in [2.05, 4.69) is 4.74 Å². The zero-order valence-electron chi connectivity index (χ0n) is 14.3. The molecule has 0 saturated carbocycles. The van der Waals surface area contributed by atoms with Gasteiger partial charge in [0.1, 0.15) is 0 Å². The molecular formula is C19H14F3NO4. The van der Waals surface area contributed by atoms with E-state index in [1.807, 2.05) is 0 Å². The van der Waals surface area contributed by atoms with Gasteiger partial charge in [0.25, 0.3) is 5.91 Å². The van der Waals surface area contributed by atoms with Crippen molar-refractivity contribution in [2.75, 3.05) is 7.11 Å². The molecule has 0 unspecified atom stereocenters. The number of phenolic OH excluding ortho intramolecular Hbond substituents is 1. The maximum atomic E-state index is 14.6. The van der Waals surface area contributed by atoms with Crippen molar-refractivity contribution in [1.82, 2.24) is 4.57 Å². The SMILES string of the molecule is COC(=O)Cc1c(C)n(C(=O)c2ccc(F)c(F)c2)c2ccc(O)c(F)c12. The molecule has 0 aliphatic carbocycles. The highest BCUT2D eigenvalue weighted by atomic mass is 19.2. The largest absolute Gasteiger partial charge is 0.505 e. The fourth-order valence-electron chi connectivity index (χ4n) is 2.98. The quantitative estimate of drug-likeness (QED) is 0.710. The number of halogens is 3. The van der Waals surface area contributed by atoms with E-state index in [1.54, 1.807) is 0 Å². The van der Waals surface area contributed by atoms with Crippen molar-refractivity contribution in [3.63, 3.8) is 0 Å². The van der Waals surface area contributed by atoms with Crippen molar-refractivity contribution in [2.45, 2.75) is 13.3 Å². The van der Waals surface area contributed by atoms with E-state index < -0.39 is 35.1 Å². The molecular weight excluding hydrogens is 363 g/mol. The van der Waals surface area contributed by atoms with Gasteiger partial charge in [0.05, 0.1) is 19.0 Å². The number of fused-ring (bicyclic) bond motifs is 1. The number of ether oxygens (including phenoxy) is 1. The first-order chi connectivity index (χ1) is 12.8. The van der Waals surface area contributed by atoms with Crippen LogP contribution in [0.2, 0.25) is 0 Å². The maximum absolute atomic E-state index is 14.6. The summed E-state index contributed by atoms with van der Waals surface area (Å²) < 4.78 is 46.9. The molecule has 0 aliphatic rings. The van der Waals surface area contributed by atoms with E-state index in [9.17, 15) is 27.9 Å². The molecule has 0 saturated heterocycles. The van der Waals surface area contributed by atoms with Gasteiger partial charge in [-0.05, 0) is 42.8 Å². The summed E-state index contributed by atoms with van der Waals surface area (Å²) >= 11 is 0. The molecule has 2 aromatic carbocycles. The van der Waals surface area contributed by atoms with Crippen LogP contribution in [0.25, 0.3) is 10.9 Å². The Labute approximate surface area is 151 Å². The molecule has 0 radical (unpaired) electrons. The first-order valence-corrected chi connectivity index (χ1v) is 7.84. The minimum Gasteiger partial charge on any atom is -0.505 e. The lowest BCUT2D eigenvalue weighted by Crippen LogP contribution is -2.15. The number of aromatic hydroxyl groups is 1. The van der Waals surface area contributed by atoms with E-state index in [1.165, 1.54) is 13.0 Å². The van der Waals surface area contributed by atoms with Crippen molar-refractivity contribution < 1.29 is 32.6 Å². The summed E-state index contributed by atoms with van der Waals surface area (Å²) in [6, 6.07) is 5.02. The van der Waals surface area contributed by atoms with Crippen molar-refractivity contribution in [2.24, 2.45) is 0 Å². The topological polar surface area (TPSA) is 68.5 Å². The number of hydrogen-bond donors (Lipinski definition) is 1. The summed E-state index contributed by atoms with van der Waals surface area (Å²) in [6.07, 6.45) is -0.336. The Kier molecular flexibility index (Phi) is 4.65. The number of nitrogens with zero attached hydrogens (tertiary/aromatic N) is 1. The molecule has 0 atom stereocenters. The first kappa shape index (κ1) is 18.5. The van der Waals surface area contributed by atoms with Crippen LogP contribution >= 0.6 is 0 Å². The predicted molar refractivity (Wildman–Crippen MR) is 90.1 cm³/mol. The molecule has 0 bridgehead atoms. The van der Waals surface area contributed by atoms with Gasteiger partial charge in [-0.15, -0.1) is 0 Å². The molecule has 3 aromatic rings. The second kappa shape index (κ2) is 6.79. The third-order valence-electron chi connectivity index (χ3n) is 4.33. The average Bonchev–Trinajstić information content (AvgIpc) is 2.92. The number of aromatic nitrogens is 1. The van der Waals surface area contributed by atoms with Crippen LogP contribution in [0.3, 0.4) is 0 Å². The Bertz CT molecular complexity index is 1090. The third kappa shape index (κ3) is 3.03. The lowest BCUT2D eigenvalue weighted by Gasteiger charge is -2.08. The smallest absolute Gasteiger partial charge is 0.310 e. The number of carbonyl (C=O) groups excluding carboxylic acids is 2. The van der Waals surface area contributed by atoms with E-state index in [4.69, 9.17) is 0 Å². The van der Waals surface area contributed by atoms with E-state index in [0.29, 0.717) is 0 Å². The maximum Gasteiger partial charge on any atom is 0.310 e. The normalized spacial score (nSPS) is 11.0. The second-order valence-corrected chi connectivity index (χ2v) is 5.88. The van der Waals surface area contributed by atoms with Crippen molar-refractivity contribution in [3.8, 4) is 5.75 Å². The molecule has 0 amide bonds. The molecule has 27 heavy (non-hydrogen) atoms. The number of carbonyl (C=O) groups is 2. The zero-order valence-corrected chi connectivity index (χ0v) is 14.3. The molecule has 140 valence electrons. The molecule has 5 nitrogen and oxygen atoms in total. The van der Waals surface area contributed by atoms with Crippen molar-refractivity contribution in [3.05, 3.63) is 64.6 Å². The Morgan fingerprint density at radius 3 is 2.44 bits per heavy atom. The van der Waals surface area contributed by atoms with Gasteiger partial charge in [-0.2, -0.15) is 0 Å². The molecule has 0 fully saturated rings. The van der Waals surface area contributed by atoms with Crippen molar-refractivity contribution in [1.29, 1.82) is 0 Å². The number of methoxy groups -OCH3 is 1. The Morgan fingerprint density at radius 1 is 1.11 bits per heavy atom. The van der Waals surface area contributed by atoms with Crippen LogP contribution in [0.15, 0.2) is 30.3 Å². The van der Waals surface area contributed by atoms with Gasteiger partial charge in [-0.25, -0.2) is 13.2 Å². The fourth-order valence-corrected chi connectivity index (χ4v) is 2.98. The highest BCUT2D eigenvalue weighted by molar-refractivity contribution is 6.05. The zero-order chi connectivity index (χ0) is 19.9. The molecule has 0 spiro atoms. The van der Waals surface area contributed by atoms with Gasteiger partial charge in [-0.3, -0.25) is 14.2 Å². The van der Waals surface area contributed by atoms with Gasteiger partial charge in [0.15, 0.2) is 23.2 Å². The monoisotopic (exact) mass is 377 g/mol. The number of phenols is 1. The minimum atomic E-state index is -1.20. The van der Waals surface area contributed by atoms with Gasteiger partial charge < -0.3 is 9.84 Å². The molecule has 1 heterocycles. The molecule has 1 aromatic heterocycles. The minimum absolute atomic E-state index is 0.0800. The van der Waals surface area contributed by atoms with Crippen LogP contribution in [-0.2, 0) is 16.0 Å². The summed E-state index contributed by atoms with van der Waals surface area (Å²) in [5, 5.41) is 9.56. The van der Waals surface area contributed by atoms with Crippen LogP contribution < -0.4 is 0 Å². The van der Waals surface area contributed by atoms with E-state index >= 15 is 0 Å². The Morgan fingerprint density at radius 2 is 1.81 bits per heavy atom. The summed E-state index contributed by atoms with van der Waals surface area (Å²) in [6.45, 7) is 1.48. The van der Waals surface area contributed by atoms with Gasteiger partial charge in [0.2, 0.25) is 0 Å². The lowest BCUT2D eigenvalue weighted by atomic mass is 10.1. The number of esters is 1. The van der Waals surface area contributed by atoms with Gasteiger partial charge in [0, 0.05) is 16.6 Å². The van der Waals surface area contributed by atoms with Crippen molar-refractivity contribution >= 4 is 22.8 Å². The van der Waals surface area contributed by atoms with Gasteiger partial charge >= 0.3 is 5.97 Å². The Balaban J connectivity index is 2.28. The van der Waals surface area contributed by atoms with Crippen LogP contribution in [0.1, 0.15) is 21.6 Å². The average molecular weight is 377 g/mol. The van der Waals surface area contributed by atoms with Gasteiger partial charge in [-0.1, -0.05) is 0 Å². The third-order valence-corrected chi connectivity index (χ3v) is 4.33. The number of rotatable bonds is 3. The number of benzene rings is 2. The highest BCUT2D eigenvalue weighted by Crippen LogP contribution is 2.33. The summed E-state index contributed by atoms with van der Waals surface area (Å²) in [5.74, 6) is -5.35. The van der Waals surface area contributed by atoms with E-state index in [-0.39, 0.29) is 34.1 Å². The highest BCUT2D eigenvalue weighted by Gasteiger charge is 2.25. The summed E-state index contributed by atoms with van der Waals surface area (Å²) in [7, 11) is 1.16. The summed E-state index contributed by atoms with van der Waals surface area (Å²) in [4.78, 5) is 24.6. The fraction of sp³-hybridized carbons (Fsp3) is 0.158. The van der Waals surface area contributed by atoms with E-state index in [0.717, 1.165) is 35.9 Å². The van der Waals surface area contributed by atoms with Crippen LogP contribution in [0, 0.1) is 24.4 Å². The molecule has 0 aliphatic heterocycles. The molecule has 1 N–H and O–H groups in total. The summed E-state index contributed by atoms with van der Waals surface area (Å²) in [5.41, 5.74) is 0.291. The van der Waals surface area contributed by atoms with Crippen LogP contribution in [-0.4, -0.2) is 28.7 Å². The van der Waals surface area contributed by atoms with Crippen LogP contribution in [0.4, 0.5) is 13.2 Å². The standard InChI is InChI=1S/C19H14F3NO4/c1-9-11(8-16(25)27-2)17-14(5-6-15(24)18(17)22)23(9)19(26)10-3-4-12(20)13(21)7-10/h3-7,24H,8H2,1-2H3.